The molecule has 0 saturated heterocycles. The molecule has 0 aliphatic carbocycles. The van der Waals surface area contributed by atoms with Crippen LogP contribution >= 0.6 is 0 Å². The number of hydrogen-bond donors (Lipinski definition) is 0. The highest BCUT2D eigenvalue weighted by Crippen LogP contribution is 1.99. The standard InChI is InChI=1S/C9H14O2/c1-3-4-5-6-7-9(10)8-11-2/h1H,4-8H2,2H3. The molecule has 0 heterocycles. The maximum atomic E-state index is 10.8. The highest BCUT2D eigenvalue weighted by molar-refractivity contribution is 5.79. The van der Waals surface area contributed by atoms with Gasteiger partial charge in [0.2, 0.25) is 0 Å². The molecule has 0 rings (SSSR count). The summed E-state index contributed by atoms with van der Waals surface area (Å²) in [6.07, 6.45) is 8.22. The van der Waals surface area contributed by atoms with Crippen molar-refractivity contribution in [2.45, 2.75) is 25.7 Å². The van der Waals surface area contributed by atoms with Crippen LogP contribution in [0.2, 0.25) is 0 Å². The van der Waals surface area contributed by atoms with Crippen molar-refractivity contribution in [2.75, 3.05) is 13.7 Å². The lowest BCUT2D eigenvalue weighted by Crippen LogP contribution is -2.05. The zero-order valence-electron chi connectivity index (χ0n) is 6.93. The summed E-state index contributed by atoms with van der Waals surface area (Å²) in [7, 11) is 1.53. The van der Waals surface area contributed by atoms with E-state index in [4.69, 9.17) is 6.42 Å². The van der Waals surface area contributed by atoms with Crippen LogP contribution in [0, 0.1) is 12.3 Å². The van der Waals surface area contributed by atoms with E-state index in [9.17, 15) is 4.79 Å². The molecular formula is C9H14O2. The second-order valence-corrected chi connectivity index (χ2v) is 2.38. The van der Waals surface area contributed by atoms with E-state index in [1.165, 1.54) is 7.11 Å². The molecule has 0 N–H and O–H groups in total. The minimum Gasteiger partial charge on any atom is -0.377 e. The molecule has 0 fully saturated rings. The first-order valence-electron chi connectivity index (χ1n) is 3.75. The van der Waals surface area contributed by atoms with Gasteiger partial charge in [0.25, 0.3) is 0 Å². The predicted molar refractivity (Wildman–Crippen MR) is 44.2 cm³/mol. The van der Waals surface area contributed by atoms with Crippen LogP contribution in [0.1, 0.15) is 25.7 Å². The van der Waals surface area contributed by atoms with Gasteiger partial charge < -0.3 is 4.74 Å². The zero-order valence-corrected chi connectivity index (χ0v) is 6.93. The number of hydrogen-bond acceptors (Lipinski definition) is 2. The average Bonchev–Trinajstić information content (AvgIpc) is 1.99. The largest absolute Gasteiger partial charge is 0.377 e. The monoisotopic (exact) mass is 154 g/mol. The fraction of sp³-hybridized carbons (Fsp3) is 0.667. The normalized spacial score (nSPS) is 9.09. The third-order valence-electron chi connectivity index (χ3n) is 1.33. The maximum absolute atomic E-state index is 10.8. The van der Waals surface area contributed by atoms with Gasteiger partial charge in [-0.05, 0) is 12.8 Å². The van der Waals surface area contributed by atoms with E-state index in [1.54, 1.807) is 0 Å². The Morgan fingerprint density at radius 3 is 2.82 bits per heavy atom. The molecule has 0 saturated carbocycles. The fourth-order valence-electron chi connectivity index (χ4n) is 0.782. The molecule has 0 radical (unpaired) electrons. The van der Waals surface area contributed by atoms with Crippen LogP contribution in [0.5, 0.6) is 0 Å². The van der Waals surface area contributed by atoms with Crippen molar-refractivity contribution >= 4 is 5.78 Å². The Labute approximate surface area is 67.9 Å². The van der Waals surface area contributed by atoms with Crippen LogP contribution in [-0.2, 0) is 9.53 Å². The molecule has 0 spiro atoms. The Kier molecular flexibility index (Phi) is 6.76. The Balaban J connectivity index is 3.12. The van der Waals surface area contributed by atoms with Crippen LogP contribution in [0.15, 0.2) is 0 Å². The first kappa shape index (κ1) is 10.2. The quantitative estimate of drug-likeness (QED) is 0.427. The molecule has 0 aliphatic rings. The topological polar surface area (TPSA) is 26.3 Å². The Morgan fingerprint density at radius 1 is 1.55 bits per heavy atom. The number of unbranched alkanes of at least 4 members (excludes halogenated alkanes) is 2. The predicted octanol–water partition coefficient (Wildman–Crippen LogP) is 1.40. The summed E-state index contributed by atoms with van der Waals surface area (Å²) in [5, 5.41) is 0. The second-order valence-electron chi connectivity index (χ2n) is 2.38. The zero-order chi connectivity index (χ0) is 8.53. The van der Waals surface area contributed by atoms with E-state index >= 15 is 0 Å². The number of methoxy groups -OCH3 is 1. The highest BCUT2D eigenvalue weighted by atomic mass is 16.5. The van der Waals surface area contributed by atoms with Gasteiger partial charge >= 0.3 is 0 Å². The number of ketones is 1. The number of carbonyl (C=O) groups is 1. The van der Waals surface area contributed by atoms with E-state index in [-0.39, 0.29) is 12.4 Å². The minimum absolute atomic E-state index is 0.157. The van der Waals surface area contributed by atoms with Crippen molar-refractivity contribution in [1.82, 2.24) is 0 Å². The Bertz CT molecular complexity index is 144. The summed E-state index contributed by atoms with van der Waals surface area (Å²) in [5.74, 6) is 2.69. The number of carbonyl (C=O) groups excluding carboxylic acids is 1. The summed E-state index contributed by atoms with van der Waals surface area (Å²) in [5.41, 5.74) is 0. The molecule has 0 aliphatic heterocycles. The van der Waals surface area contributed by atoms with Crippen LogP contribution in [0.25, 0.3) is 0 Å². The molecule has 0 aromatic rings. The van der Waals surface area contributed by atoms with Crippen molar-refractivity contribution in [1.29, 1.82) is 0 Å². The van der Waals surface area contributed by atoms with Gasteiger partial charge in [-0.2, -0.15) is 0 Å². The Hall–Kier alpha value is -0.810. The van der Waals surface area contributed by atoms with Crippen LogP contribution in [0.4, 0.5) is 0 Å². The summed E-state index contributed by atoms with van der Waals surface area (Å²) in [6, 6.07) is 0. The van der Waals surface area contributed by atoms with Crippen LogP contribution in [0.3, 0.4) is 0 Å². The molecule has 11 heavy (non-hydrogen) atoms. The van der Waals surface area contributed by atoms with Gasteiger partial charge in [0, 0.05) is 20.0 Å². The van der Waals surface area contributed by atoms with Crippen molar-refractivity contribution in [3.8, 4) is 12.3 Å². The molecule has 2 heteroatoms. The van der Waals surface area contributed by atoms with Crippen molar-refractivity contribution in [2.24, 2.45) is 0 Å². The van der Waals surface area contributed by atoms with Gasteiger partial charge in [0.05, 0.1) is 0 Å². The first-order valence-corrected chi connectivity index (χ1v) is 3.75. The van der Waals surface area contributed by atoms with Crippen molar-refractivity contribution in [3.05, 3.63) is 0 Å². The molecule has 0 atom stereocenters. The third-order valence-corrected chi connectivity index (χ3v) is 1.33. The van der Waals surface area contributed by atoms with E-state index in [1.807, 2.05) is 0 Å². The molecule has 0 amide bonds. The van der Waals surface area contributed by atoms with Gasteiger partial charge in [0.15, 0.2) is 5.78 Å². The van der Waals surface area contributed by atoms with E-state index in [2.05, 4.69) is 10.7 Å². The van der Waals surface area contributed by atoms with Gasteiger partial charge in [0.1, 0.15) is 6.61 Å². The second kappa shape index (κ2) is 7.30. The van der Waals surface area contributed by atoms with Gasteiger partial charge in [-0.25, -0.2) is 0 Å². The number of ether oxygens (including phenoxy) is 1. The summed E-state index contributed by atoms with van der Waals surface area (Å²) >= 11 is 0. The summed E-state index contributed by atoms with van der Waals surface area (Å²) in [6.45, 7) is 0.232. The lowest BCUT2D eigenvalue weighted by Gasteiger charge is -1.96. The molecule has 62 valence electrons. The minimum atomic E-state index is 0.157. The SMILES string of the molecule is C#CCCCCC(=O)COC. The molecule has 0 aromatic heterocycles. The third kappa shape index (κ3) is 7.08. The maximum Gasteiger partial charge on any atom is 0.158 e. The molecule has 0 aromatic carbocycles. The lowest BCUT2D eigenvalue weighted by atomic mass is 10.1. The summed E-state index contributed by atoms with van der Waals surface area (Å²) in [4.78, 5) is 10.8. The average molecular weight is 154 g/mol. The highest BCUT2D eigenvalue weighted by Gasteiger charge is 1.98. The molecule has 0 bridgehead atoms. The van der Waals surface area contributed by atoms with Gasteiger partial charge in [-0.1, -0.05) is 0 Å². The van der Waals surface area contributed by atoms with Crippen molar-refractivity contribution < 1.29 is 9.53 Å². The number of terminal acetylenes is 1. The van der Waals surface area contributed by atoms with E-state index in [0.29, 0.717) is 6.42 Å². The molecule has 2 nitrogen and oxygen atoms in total. The van der Waals surface area contributed by atoms with Crippen molar-refractivity contribution in [3.63, 3.8) is 0 Å². The first-order chi connectivity index (χ1) is 5.31. The van der Waals surface area contributed by atoms with Crippen LogP contribution < -0.4 is 0 Å². The molecular weight excluding hydrogens is 140 g/mol. The van der Waals surface area contributed by atoms with E-state index in [0.717, 1.165) is 19.3 Å². The number of rotatable bonds is 6. The molecule has 0 unspecified atom stereocenters. The van der Waals surface area contributed by atoms with Gasteiger partial charge in [-0.15, -0.1) is 12.3 Å². The Morgan fingerprint density at radius 2 is 2.27 bits per heavy atom. The smallest absolute Gasteiger partial charge is 0.158 e. The number of Topliss-reactive ketones (excluding diaryl/α,β-unsaturated/α-hetero) is 1. The van der Waals surface area contributed by atoms with E-state index < -0.39 is 0 Å². The lowest BCUT2D eigenvalue weighted by molar-refractivity contribution is -0.122. The van der Waals surface area contributed by atoms with Crippen LogP contribution in [-0.4, -0.2) is 19.5 Å². The summed E-state index contributed by atoms with van der Waals surface area (Å²) < 4.78 is 4.67. The fourth-order valence-corrected chi connectivity index (χ4v) is 0.782. The van der Waals surface area contributed by atoms with Gasteiger partial charge in [-0.3, -0.25) is 4.79 Å².